The standard InChI is InChI=1S/C15H19N3O/c1-11-10-18(6-7-19-11)15-14-5-3-2-4-13(14)12(8-16)9-17-15/h2-5,9,11H,6-8,10,16H2,1H3. The number of benzene rings is 1. The average molecular weight is 257 g/mol. The van der Waals surface area contributed by atoms with Crippen molar-refractivity contribution >= 4 is 16.6 Å². The van der Waals surface area contributed by atoms with E-state index >= 15 is 0 Å². The van der Waals surface area contributed by atoms with Crippen molar-refractivity contribution < 1.29 is 4.74 Å². The highest BCUT2D eigenvalue weighted by atomic mass is 16.5. The Balaban J connectivity index is 2.09. The number of anilines is 1. The van der Waals surface area contributed by atoms with Gasteiger partial charge in [-0.3, -0.25) is 0 Å². The summed E-state index contributed by atoms with van der Waals surface area (Å²) in [7, 11) is 0. The number of hydrogen-bond acceptors (Lipinski definition) is 4. The van der Waals surface area contributed by atoms with Gasteiger partial charge in [0.1, 0.15) is 5.82 Å². The fraction of sp³-hybridized carbons (Fsp3) is 0.400. The Morgan fingerprint density at radius 2 is 2.16 bits per heavy atom. The van der Waals surface area contributed by atoms with Gasteiger partial charge < -0.3 is 15.4 Å². The molecule has 19 heavy (non-hydrogen) atoms. The molecule has 0 amide bonds. The molecule has 0 aliphatic carbocycles. The summed E-state index contributed by atoms with van der Waals surface area (Å²) >= 11 is 0. The number of pyridine rings is 1. The lowest BCUT2D eigenvalue weighted by atomic mass is 10.1. The third kappa shape index (κ3) is 2.29. The highest BCUT2D eigenvalue weighted by Gasteiger charge is 2.20. The first kappa shape index (κ1) is 12.4. The Morgan fingerprint density at radius 1 is 1.37 bits per heavy atom. The van der Waals surface area contributed by atoms with Crippen LogP contribution in [0, 0.1) is 0 Å². The lowest BCUT2D eigenvalue weighted by Gasteiger charge is -2.32. The second-order valence-electron chi connectivity index (χ2n) is 4.98. The lowest BCUT2D eigenvalue weighted by molar-refractivity contribution is 0.0530. The monoisotopic (exact) mass is 257 g/mol. The van der Waals surface area contributed by atoms with Crippen LogP contribution in [0.25, 0.3) is 10.8 Å². The molecule has 100 valence electrons. The maximum atomic E-state index is 5.79. The van der Waals surface area contributed by atoms with Crippen LogP contribution in [0.3, 0.4) is 0 Å². The summed E-state index contributed by atoms with van der Waals surface area (Å²) in [6, 6.07) is 8.34. The molecule has 0 bridgehead atoms. The van der Waals surface area contributed by atoms with Crippen LogP contribution in [0.1, 0.15) is 12.5 Å². The molecule has 3 rings (SSSR count). The SMILES string of the molecule is CC1CN(c2ncc(CN)c3ccccc23)CCO1. The maximum Gasteiger partial charge on any atom is 0.136 e. The molecule has 4 nitrogen and oxygen atoms in total. The first-order valence-corrected chi connectivity index (χ1v) is 6.73. The van der Waals surface area contributed by atoms with Crippen molar-refractivity contribution in [1.29, 1.82) is 0 Å². The molecule has 2 aromatic rings. The summed E-state index contributed by atoms with van der Waals surface area (Å²) in [5, 5.41) is 2.38. The predicted molar refractivity (Wildman–Crippen MR) is 77.3 cm³/mol. The van der Waals surface area contributed by atoms with Crippen molar-refractivity contribution in [3.05, 3.63) is 36.0 Å². The van der Waals surface area contributed by atoms with Crippen LogP contribution in [0.2, 0.25) is 0 Å². The second kappa shape index (κ2) is 5.15. The number of ether oxygens (including phenoxy) is 1. The van der Waals surface area contributed by atoms with Crippen molar-refractivity contribution in [2.45, 2.75) is 19.6 Å². The van der Waals surface area contributed by atoms with E-state index in [0.717, 1.165) is 31.1 Å². The number of aromatic nitrogens is 1. The van der Waals surface area contributed by atoms with Crippen molar-refractivity contribution in [3.8, 4) is 0 Å². The third-order valence-corrected chi connectivity index (χ3v) is 3.62. The molecule has 2 heterocycles. The zero-order valence-corrected chi connectivity index (χ0v) is 11.2. The average Bonchev–Trinajstić information content (AvgIpc) is 2.46. The number of nitrogens with zero attached hydrogens (tertiary/aromatic N) is 2. The molecule has 0 radical (unpaired) electrons. The van der Waals surface area contributed by atoms with Gasteiger partial charge >= 0.3 is 0 Å². The molecule has 1 aliphatic rings. The molecule has 1 unspecified atom stereocenters. The molecule has 1 atom stereocenters. The van der Waals surface area contributed by atoms with Gasteiger partial charge in [-0.15, -0.1) is 0 Å². The fourth-order valence-electron chi connectivity index (χ4n) is 2.66. The van der Waals surface area contributed by atoms with Crippen LogP contribution in [0.4, 0.5) is 5.82 Å². The van der Waals surface area contributed by atoms with Gasteiger partial charge in [-0.1, -0.05) is 24.3 Å². The van der Waals surface area contributed by atoms with Gasteiger partial charge in [0, 0.05) is 31.2 Å². The van der Waals surface area contributed by atoms with E-state index in [1.54, 1.807) is 0 Å². The molecule has 1 aromatic heterocycles. The topological polar surface area (TPSA) is 51.4 Å². The smallest absolute Gasteiger partial charge is 0.136 e. The molecule has 1 fully saturated rings. The molecular formula is C15H19N3O. The highest BCUT2D eigenvalue weighted by Crippen LogP contribution is 2.28. The summed E-state index contributed by atoms with van der Waals surface area (Å²) in [5.74, 6) is 1.04. The van der Waals surface area contributed by atoms with Crippen LogP contribution in [0.5, 0.6) is 0 Å². The summed E-state index contributed by atoms with van der Waals surface area (Å²) in [4.78, 5) is 6.93. The summed E-state index contributed by atoms with van der Waals surface area (Å²) in [6.07, 6.45) is 2.15. The minimum atomic E-state index is 0.253. The Morgan fingerprint density at radius 3 is 2.89 bits per heavy atom. The van der Waals surface area contributed by atoms with Crippen molar-refractivity contribution in [3.63, 3.8) is 0 Å². The van der Waals surface area contributed by atoms with Crippen LogP contribution in [-0.2, 0) is 11.3 Å². The first-order valence-electron chi connectivity index (χ1n) is 6.73. The van der Waals surface area contributed by atoms with E-state index in [2.05, 4.69) is 35.0 Å². The van der Waals surface area contributed by atoms with Crippen LogP contribution in [0.15, 0.2) is 30.5 Å². The number of fused-ring (bicyclic) bond motifs is 1. The van der Waals surface area contributed by atoms with E-state index in [0.29, 0.717) is 6.54 Å². The summed E-state index contributed by atoms with van der Waals surface area (Å²) < 4.78 is 5.60. The number of rotatable bonds is 2. The van der Waals surface area contributed by atoms with Crippen molar-refractivity contribution in [1.82, 2.24) is 4.98 Å². The van der Waals surface area contributed by atoms with Crippen molar-refractivity contribution in [2.75, 3.05) is 24.6 Å². The quantitative estimate of drug-likeness (QED) is 0.893. The Kier molecular flexibility index (Phi) is 3.36. The van der Waals surface area contributed by atoms with E-state index in [1.807, 2.05) is 12.3 Å². The molecule has 1 aliphatic heterocycles. The molecular weight excluding hydrogens is 238 g/mol. The molecule has 0 saturated carbocycles. The molecule has 2 N–H and O–H groups in total. The van der Waals surface area contributed by atoms with Crippen molar-refractivity contribution in [2.24, 2.45) is 5.73 Å². The van der Waals surface area contributed by atoms with E-state index in [1.165, 1.54) is 10.8 Å². The van der Waals surface area contributed by atoms with E-state index in [9.17, 15) is 0 Å². The van der Waals surface area contributed by atoms with Gasteiger partial charge in [0.2, 0.25) is 0 Å². The van der Waals surface area contributed by atoms with Crippen LogP contribution >= 0.6 is 0 Å². The van der Waals surface area contributed by atoms with Gasteiger partial charge in [0.25, 0.3) is 0 Å². The number of nitrogens with two attached hydrogens (primary N) is 1. The van der Waals surface area contributed by atoms with E-state index < -0.39 is 0 Å². The summed E-state index contributed by atoms with van der Waals surface area (Å²) in [6.45, 7) is 5.16. The van der Waals surface area contributed by atoms with Gasteiger partial charge in [-0.25, -0.2) is 4.98 Å². The molecule has 4 heteroatoms. The normalized spacial score (nSPS) is 19.9. The minimum absolute atomic E-state index is 0.253. The Bertz CT molecular complexity index is 585. The minimum Gasteiger partial charge on any atom is -0.375 e. The highest BCUT2D eigenvalue weighted by molar-refractivity contribution is 5.94. The first-order chi connectivity index (χ1) is 9.29. The number of hydrogen-bond donors (Lipinski definition) is 1. The lowest BCUT2D eigenvalue weighted by Crippen LogP contribution is -2.41. The molecule has 1 aromatic carbocycles. The largest absolute Gasteiger partial charge is 0.375 e. The third-order valence-electron chi connectivity index (χ3n) is 3.62. The fourth-order valence-corrected chi connectivity index (χ4v) is 2.66. The zero-order chi connectivity index (χ0) is 13.2. The second-order valence-corrected chi connectivity index (χ2v) is 4.98. The number of morpholine rings is 1. The van der Waals surface area contributed by atoms with Crippen LogP contribution < -0.4 is 10.6 Å². The van der Waals surface area contributed by atoms with E-state index in [-0.39, 0.29) is 6.10 Å². The Hall–Kier alpha value is -1.65. The maximum absolute atomic E-state index is 5.79. The Labute approximate surface area is 113 Å². The molecule has 0 spiro atoms. The molecule has 1 saturated heterocycles. The van der Waals surface area contributed by atoms with Gasteiger partial charge in [0.05, 0.1) is 12.7 Å². The predicted octanol–water partition coefficient (Wildman–Crippen LogP) is 1.92. The van der Waals surface area contributed by atoms with Gasteiger partial charge in [-0.05, 0) is 17.9 Å². The van der Waals surface area contributed by atoms with Gasteiger partial charge in [0.15, 0.2) is 0 Å². The zero-order valence-electron chi connectivity index (χ0n) is 11.2. The van der Waals surface area contributed by atoms with E-state index in [4.69, 9.17) is 10.5 Å². The van der Waals surface area contributed by atoms with Crippen LogP contribution in [-0.4, -0.2) is 30.8 Å². The summed E-state index contributed by atoms with van der Waals surface area (Å²) in [5.41, 5.74) is 6.89. The van der Waals surface area contributed by atoms with Gasteiger partial charge in [-0.2, -0.15) is 0 Å².